The molecule has 0 aliphatic rings. The number of aromatic nitrogens is 3. The Hall–Kier alpha value is -3.70. The van der Waals surface area contributed by atoms with Gasteiger partial charge in [-0.05, 0) is 30.3 Å². The number of urea groups is 1. The molecule has 168 valence electrons. The maximum atomic E-state index is 13.0. The molecule has 4 rings (SSSR count). The number of benzene rings is 2. The number of carbonyl (C=O) groups excluding carboxylic acids is 1. The van der Waals surface area contributed by atoms with E-state index >= 15 is 0 Å². The molecule has 2 aromatic heterocycles. The summed E-state index contributed by atoms with van der Waals surface area (Å²) in [6, 6.07) is 9.27. The fourth-order valence-corrected chi connectivity index (χ4v) is 3.98. The van der Waals surface area contributed by atoms with Crippen molar-refractivity contribution < 1.29 is 18.0 Å². The molecule has 12 heteroatoms. The number of hydrogen-bond acceptors (Lipinski definition) is 6. The van der Waals surface area contributed by atoms with Crippen LogP contribution in [0.3, 0.4) is 0 Å². The lowest BCUT2D eigenvalue weighted by Gasteiger charge is -2.12. The minimum Gasteiger partial charge on any atom is -0.383 e. The number of amides is 2. The Balaban J connectivity index is 1.49. The van der Waals surface area contributed by atoms with Gasteiger partial charge in [0.1, 0.15) is 17.2 Å². The summed E-state index contributed by atoms with van der Waals surface area (Å²) in [6.45, 7) is 0. The largest absolute Gasteiger partial charge is 0.417 e. The van der Waals surface area contributed by atoms with Gasteiger partial charge in [0, 0.05) is 28.5 Å². The molecule has 2 aromatic carbocycles. The number of carbonyl (C=O) groups is 1. The van der Waals surface area contributed by atoms with Crippen LogP contribution in [0, 0.1) is 0 Å². The van der Waals surface area contributed by atoms with Gasteiger partial charge in [-0.1, -0.05) is 23.7 Å². The van der Waals surface area contributed by atoms with Crippen molar-refractivity contribution in [3.05, 3.63) is 71.0 Å². The summed E-state index contributed by atoms with van der Waals surface area (Å²) in [6.07, 6.45) is -1.71. The van der Waals surface area contributed by atoms with Gasteiger partial charge in [-0.25, -0.2) is 19.7 Å². The van der Waals surface area contributed by atoms with Crippen molar-refractivity contribution in [1.29, 1.82) is 0 Å². The zero-order valence-electron chi connectivity index (χ0n) is 16.5. The second-order valence-corrected chi connectivity index (χ2v) is 7.98. The van der Waals surface area contributed by atoms with E-state index in [0.29, 0.717) is 27.8 Å². The molecule has 0 bridgehead atoms. The lowest BCUT2D eigenvalue weighted by molar-refractivity contribution is -0.137. The van der Waals surface area contributed by atoms with Crippen LogP contribution in [0.2, 0.25) is 5.02 Å². The van der Waals surface area contributed by atoms with E-state index in [1.165, 1.54) is 23.7 Å². The van der Waals surface area contributed by atoms with Crippen LogP contribution in [0.15, 0.2) is 60.4 Å². The van der Waals surface area contributed by atoms with Gasteiger partial charge in [-0.2, -0.15) is 13.2 Å². The highest BCUT2D eigenvalue weighted by atomic mass is 35.5. The van der Waals surface area contributed by atoms with Gasteiger partial charge in [-0.3, -0.25) is 0 Å². The number of thiazole rings is 1. The van der Waals surface area contributed by atoms with Crippen LogP contribution in [0.25, 0.3) is 21.8 Å². The van der Waals surface area contributed by atoms with E-state index in [1.807, 2.05) is 11.4 Å². The lowest BCUT2D eigenvalue weighted by atomic mass is 10.1. The SMILES string of the molecule is Nc1ncncc1-c1nc(-c2cccc(NC(=O)Nc3ccc(Cl)c(C(F)(F)F)c3)c2)cs1. The maximum Gasteiger partial charge on any atom is 0.417 e. The minimum atomic E-state index is -4.64. The van der Waals surface area contributed by atoms with Gasteiger partial charge < -0.3 is 16.4 Å². The van der Waals surface area contributed by atoms with E-state index in [2.05, 4.69) is 25.6 Å². The van der Waals surface area contributed by atoms with Gasteiger partial charge in [0.05, 0.1) is 21.8 Å². The molecule has 4 aromatic rings. The van der Waals surface area contributed by atoms with Crippen molar-refractivity contribution >= 4 is 46.2 Å². The molecule has 0 aliphatic heterocycles. The number of nitrogens with one attached hydrogen (secondary N) is 2. The summed E-state index contributed by atoms with van der Waals surface area (Å²) in [7, 11) is 0. The third kappa shape index (κ3) is 5.21. The molecule has 0 aliphatic carbocycles. The quantitative estimate of drug-likeness (QED) is 0.317. The van der Waals surface area contributed by atoms with Crippen LogP contribution in [0.1, 0.15) is 5.56 Å². The van der Waals surface area contributed by atoms with Crippen molar-refractivity contribution in [2.24, 2.45) is 0 Å². The van der Waals surface area contributed by atoms with Crippen molar-refractivity contribution in [2.45, 2.75) is 6.18 Å². The summed E-state index contributed by atoms with van der Waals surface area (Å²) in [4.78, 5) is 24.8. The van der Waals surface area contributed by atoms with E-state index < -0.39 is 22.8 Å². The van der Waals surface area contributed by atoms with Crippen molar-refractivity contribution in [3.8, 4) is 21.8 Å². The molecular formula is C21H14ClF3N6OS. The third-order valence-electron chi connectivity index (χ3n) is 4.42. The minimum absolute atomic E-state index is 0.0489. The molecule has 0 saturated heterocycles. The van der Waals surface area contributed by atoms with E-state index in [9.17, 15) is 18.0 Å². The number of alkyl halides is 3. The number of rotatable bonds is 4. The number of anilines is 3. The molecule has 33 heavy (non-hydrogen) atoms. The summed E-state index contributed by atoms with van der Waals surface area (Å²) in [5.74, 6) is 0.314. The second kappa shape index (κ2) is 9.04. The highest BCUT2D eigenvalue weighted by Crippen LogP contribution is 2.36. The number of nitrogens with zero attached hydrogens (tertiary/aromatic N) is 3. The first-order valence-electron chi connectivity index (χ1n) is 9.27. The first-order valence-corrected chi connectivity index (χ1v) is 10.5. The summed E-state index contributed by atoms with van der Waals surface area (Å²) in [5, 5.41) is 6.98. The Kier molecular flexibility index (Phi) is 6.16. The molecule has 0 spiro atoms. The van der Waals surface area contributed by atoms with Crippen LogP contribution >= 0.6 is 22.9 Å². The highest BCUT2D eigenvalue weighted by Gasteiger charge is 2.33. The normalized spacial score (nSPS) is 11.3. The fraction of sp³-hybridized carbons (Fsp3) is 0.0476. The lowest BCUT2D eigenvalue weighted by Crippen LogP contribution is -2.20. The Labute approximate surface area is 194 Å². The maximum absolute atomic E-state index is 13.0. The average molecular weight is 491 g/mol. The first-order chi connectivity index (χ1) is 15.7. The molecule has 0 atom stereocenters. The van der Waals surface area contributed by atoms with Crippen LogP contribution < -0.4 is 16.4 Å². The Bertz CT molecular complexity index is 1330. The van der Waals surface area contributed by atoms with Crippen LogP contribution in [0.5, 0.6) is 0 Å². The van der Waals surface area contributed by atoms with Crippen molar-refractivity contribution in [3.63, 3.8) is 0 Å². The average Bonchev–Trinajstić information content (AvgIpc) is 3.25. The van der Waals surface area contributed by atoms with Crippen LogP contribution in [-0.2, 0) is 6.18 Å². The van der Waals surface area contributed by atoms with Gasteiger partial charge in [0.2, 0.25) is 0 Å². The Morgan fingerprint density at radius 1 is 1.09 bits per heavy atom. The molecule has 4 N–H and O–H groups in total. The van der Waals surface area contributed by atoms with Gasteiger partial charge in [0.25, 0.3) is 0 Å². The third-order valence-corrected chi connectivity index (χ3v) is 5.63. The summed E-state index contributed by atoms with van der Waals surface area (Å²) >= 11 is 6.97. The van der Waals surface area contributed by atoms with Crippen LogP contribution in [0.4, 0.5) is 35.2 Å². The zero-order chi connectivity index (χ0) is 23.6. The molecule has 7 nitrogen and oxygen atoms in total. The standard InChI is InChI=1S/C21H14ClF3N6OS/c22-16-5-4-13(7-15(16)21(23,24)25)30-20(32)29-12-3-1-2-11(6-12)17-9-33-19(31-17)14-8-27-10-28-18(14)26/h1-10H,(H2,26,27,28)(H2,29,30,32). The molecular weight excluding hydrogens is 477 g/mol. The Morgan fingerprint density at radius 3 is 2.58 bits per heavy atom. The van der Waals surface area contributed by atoms with Gasteiger partial charge >= 0.3 is 12.2 Å². The van der Waals surface area contributed by atoms with Gasteiger partial charge in [-0.15, -0.1) is 11.3 Å². The topological polar surface area (TPSA) is 106 Å². The molecule has 2 amide bonds. The number of hydrogen-bond donors (Lipinski definition) is 3. The number of nitrogen functional groups attached to an aromatic ring is 1. The van der Waals surface area contributed by atoms with Gasteiger partial charge in [0.15, 0.2) is 0 Å². The fourth-order valence-electron chi connectivity index (χ4n) is 2.90. The van der Waals surface area contributed by atoms with E-state index in [0.717, 1.165) is 17.7 Å². The van der Waals surface area contributed by atoms with Crippen molar-refractivity contribution in [2.75, 3.05) is 16.4 Å². The highest BCUT2D eigenvalue weighted by molar-refractivity contribution is 7.13. The monoisotopic (exact) mass is 490 g/mol. The zero-order valence-corrected chi connectivity index (χ0v) is 18.1. The molecule has 0 unspecified atom stereocenters. The number of halogens is 4. The van der Waals surface area contributed by atoms with E-state index in [4.69, 9.17) is 17.3 Å². The molecule has 0 radical (unpaired) electrons. The predicted octanol–water partition coefficient (Wildman–Crippen LogP) is 6.17. The predicted molar refractivity (Wildman–Crippen MR) is 122 cm³/mol. The van der Waals surface area contributed by atoms with Crippen molar-refractivity contribution in [1.82, 2.24) is 15.0 Å². The first kappa shape index (κ1) is 22.5. The molecule has 2 heterocycles. The Morgan fingerprint density at radius 2 is 1.85 bits per heavy atom. The number of nitrogens with two attached hydrogens (primary N) is 1. The summed E-state index contributed by atoms with van der Waals surface area (Å²) in [5.41, 5.74) is 7.20. The van der Waals surface area contributed by atoms with E-state index in [1.54, 1.807) is 24.4 Å². The van der Waals surface area contributed by atoms with Crippen LogP contribution in [-0.4, -0.2) is 21.0 Å². The molecule has 0 fully saturated rings. The van der Waals surface area contributed by atoms with E-state index in [-0.39, 0.29) is 5.69 Å². The smallest absolute Gasteiger partial charge is 0.383 e. The summed E-state index contributed by atoms with van der Waals surface area (Å²) < 4.78 is 39.1. The molecule has 0 saturated carbocycles. The second-order valence-electron chi connectivity index (χ2n) is 6.71.